The van der Waals surface area contributed by atoms with Crippen LogP contribution in [0.4, 0.5) is 0 Å². The molecule has 0 saturated heterocycles. The van der Waals surface area contributed by atoms with Crippen LogP contribution >= 0.6 is 0 Å². The number of nitriles is 1. The summed E-state index contributed by atoms with van der Waals surface area (Å²) in [6.45, 7) is 10.3. The highest BCUT2D eigenvalue weighted by atomic mass is 16.5. The highest BCUT2D eigenvalue weighted by molar-refractivity contribution is 6.00. The minimum Gasteiger partial charge on any atom is -0.444 e. The summed E-state index contributed by atoms with van der Waals surface area (Å²) in [5.74, 6) is 0.773. The lowest BCUT2D eigenvalue weighted by Crippen LogP contribution is -2.33. The number of aliphatic hydroxyl groups excluding tert-OH is 1. The molecular weight excluding hydrogens is 352 g/mol. The van der Waals surface area contributed by atoms with Gasteiger partial charge in [-0.2, -0.15) is 5.26 Å². The van der Waals surface area contributed by atoms with Gasteiger partial charge in [0.25, 0.3) is 0 Å². The molecule has 0 amide bonds. The largest absolute Gasteiger partial charge is 0.444 e. The van der Waals surface area contributed by atoms with Gasteiger partial charge in [0.05, 0.1) is 5.92 Å². The Morgan fingerprint density at radius 3 is 2.36 bits per heavy atom. The maximum absolute atomic E-state index is 12.9. The molecule has 1 aliphatic heterocycles. The lowest BCUT2D eigenvalue weighted by atomic mass is 9.70. The minimum absolute atomic E-state index is 0.0458. The van der Waals surface area contributed by atoms with E-state index in [0.29, 0.717) is 35.7 Å². The van der Waals surface area contributed by atoms with Gasteiger partial charge in [-0.15, -0.1) is 0 Å². The van der Waals surface area contributed by atoms with E-state index in [9.17, 15) is 10.1 Å². The summed E-state index contributed by atoms with van der Waals surface area (Å²) >= 11 is 0. The van der Waals surface area contributed by atoms with Gasteiger partial charge in [0.15, 0.2) is 5.78 Å². The molecule has 1 aromatic rings. The lowest BCUT2D eigenvalue weighted by molar-refractivity contribution is -0.119. The third-order valence-electron chi connectivity index (χ3n) is 5.01. The van der Waals surface area contributed by atoms with Crippen molar-refractivity contribution in [3.05, 3.63) is 58.2 Å². The van der Waals surface area contributed by atoms with E-state index in [2.05, 4.69) is 32.0 Å². The summed E-state index contributed by atoms with van der Waals surface area (Å²) in [6.07, 6.45) is 1.10. The van der Waals surface area contributed by atoms with Crippen LogP contribution in [0.25, 0.3) is 0 Å². The summed E-state index contributed by atoms with van der Waals surface area (Å²) < 4.78 is 5.71. The minimum atomic E-state index is -0.432. The van der Waals surface area contributed by atoms with Gasteiger partial charge in [0, 0.05) is 25.0 Å². The van der Waals surface area contributed by atoms with Gasteiger partial charge in [0.1, 0.15) is 17.4 Å². The van der Waals surface area contributed by atoms with Gasteiger partial charge in [-0.1, -0.05) is 52.0 Å². The molecule has 0 radical (unpaired) electrons. The maximum atomic E-state index is 12.9. The molecule has 0 spiro atoms. The predicted octanol–water partition coefficient (Wildman–Crippen LogP) is 4.26. The number of ether oxygens (including phenoxy) is 1. The molecule has 3 N–H and O–H groups in total. The van der Waals surface area contributed by atoms with Crippen LogP contribution in [-0.4, -0.2) is 17.5 Å². The number of Topliss-reactive ketones (excluding diaryl/α,β-unsaturated/α-hetero) is 1. The molecule has 28 heavy (non-hydrogen) atoms. The first-order chi connectivity index (χ1) is 13.1. The topological polar surface area (TPSA) is 96.3 Å². The summed E-state index contributed by atoms with van der Waals surface area (Å²) in [7, 11) is 0. The fourth-order valence-corrected chi connectivity index (χ4v) is 3.69. The standard InChI is InChI=1S/C21H24N2O2.C2H6O/c1-12(2)13-5-7-14(8-6-13)18-15(11-22)20(23)25-17-10-21(3,4)9-16(24)19(17)18;1-2-3/h5-8,12,18H,9-10,23H2,1-4H3;3H,2H2,1H3. The zero-order valence-electron chi connectivity index (χ0n) is 17.4. The van der Waals surface area contributed by atoms with E-state index in [1.165, 1.54) is 5.56 Å². The Balaban J connectivity index is 0.000000878. The van der Waals surface area contributed by atoms with Gasteiger partial charge >= 0.3 is 0 Å². The van der Waals surface area contributed by atoms with Gasteiger partial charge in [-0.3, -0.25) is 4.79 Å². The van der Waals surface area contributed by atoms with Gasteiger partial charge in [-0.05, 0) is 29.4 Å². The van der Waals surface area contributed by atoms with E-state index in [1.54, 1.807) is 6.92 Å². The first kappa shape index (κ1) is 21.7. The second-order valence-corrected chi connectivity index (χ2v) is 8.34. The fourth-order valence-electron chi connectivity index (χ4n) is 3.69. The maximum Gasteiger partial charge on any atom is 0.205 e. The Morgan fingerprint density at radius 1 is 1.29 bits per heavy atom. The van der Waals surface area contributed by atoms with Crippen molar-refractivity contribution in [2.24, 2.45) is 11.1 Å². The molecule has 1 atom stereocenters. The van der Waals surface area contributed by atoms with Crippen molar-refractivity contribution in [1.82, 2.24) is 0 Å². The summed E-state index contributed by atoms with van der Waals surface area (Å²) in [4.78, 5) is 12.9. The Morgan fingerprint density at radius 2 is 1.86 bits per heavy atom. The number of rotatable bonds is 2. The molecule has 1 unspecified atom stereocenters. The van der Waals surface area contributed by atoms with E-state index >= 15 is 0 Å². The van der Waals surface area contributed by atoms with Crippen molar-refractivity contribution in [2.75, 3.05) is 6.61 Å². The van der Waals surface area contributed by atoms with Gasteiger partial charge in [-0.25, -0.2) is 0 Å². The van der Waals surface area contributed by atoms with E-state index in [-0.39, 0.29) is 23.7 Å². The van der Waals surface area contributed by atoms with Gasteiger partial charge in [0.2, 0.25) is 5.88 Å². The molecule has 1 heterocycles. The van der Waals surface area contributed by atoms with Crippen molar-refractivity contribution < 1.29 is 14.6 Å². The third-order valence-corrected chi connectivity index (χ3v) is 5.01. The summed E-state index contributed by atoms with van der Waals surface area (Å²) in [5, 5.41) is 17.2. The summed E-state index contributed by atoms with van der Waals surface area (Å²) in [6, 6.07) is 10.3. The average molecular weight is 383 g/mol. The van der Waals surface area contributed by atoms with Crippen LogP contribution in [-0.2, 0) is 9.53 Å². The second kappa shape index (κ2) is 8.62. The number of nitrogens with zero attached hydrogens (tertiary/aromatic N) is 1. The fraction of sp³-hybridized carbons (Fsp3) is 0.478. The molecule has 0 aromatic heterocycles. The number of ketones is 1. The van der Waals surface area contributed by atoms with Crippen LogP contribution in [0, 0.1) is 16.7 Å². The molecule has 5 heteroatoms. The zero-order chi connectivity index (χ0) is 21.1. The molecule has 2 aliphatic rings. The Kier molecular flexibility index (Phi) is 6.69. The van der Waals surface area contributed by atoms with Crippen molar-refractivity contribution in [3.63, 3.8) is 0 Å². The smallest absolute Gasteiger partial charge is 0.205 e. The van der Waals surface area contributed by atoms with Crippen LogP contribution in [0.15, 0.2) is 47.1 Å². The molecule has 1 aliphatic carbocycles. The number of allylic oxidation sites excluding steroid dienone is 3. The number of hydrogen-bond acceptors (Lipinski definition) is 5. The number of carbonyl (C=O) groups excluding carboxylic acids is 1. The number of benzene rings is 1. The van der Waals surface area contributed by atoms with Crippen LogP contribution in [0.1, 0.15) is 70.4 Å². The third kappa shape index (κ3) is 4.45. The Labute approximate surface area is 167 Å². The Bertz CT molecular complexity index is 840. The first-order valence-corrected chi connectivity index (χ1v) is 9.69. The van der Waals surface area contributed by atoms with Crippen LogP contribution in [0.3, 0.4) is 0 Å². The number of hydrogen-bond donors (Lipinski definition) is 2. The molecule has 150 valence electrons. The monoisotopic (exact) mass is 382 g/mol. The lowest BCUT2D eigenvalue weighted by Gasteiger charge is -2.37. The SMILES string of the molecule is CC(C)c1ccc(C2C(C#N)=C(N)OC3=C2C(=O)CC(C)(C)C3)cc1.CCO. The average Bonchev–Trinajstić information content (AvgIpc) is 2.60. The molecule has 0 saturated carbocycles. The number of nitrogens with two attached hydrogens (primary N) is 1. The molecule has 0 bridgehead atoms. The van der Waals surface area contributed by atoms with Crippen LogP contribution in [0.2, 0.25) is 0 Å². The van der Waals surface area contributed by atoms with Crippen LogP contribution in [0.5, 0.6) is 0 Å². The van der Waals surface area contributed by atoms with Gasteiger partial charge < -0.3 is 15.6 Å². The Hall–Kier alpha value is -2.58. The predicted molar refractivity (Wildman–Crippen MR) is 109 cm³/mol. The van der Waals surface area contributed by atoms with E-state index < -0.39 is 5.92 Å². The van der Waals surface area contributed by atoms with Crippen molar-refractivity contribution in [3.8, 4) is 6.07 Å². The first-order valence-electron chi connectivity index (χ1n) is 9.69. The molecule has 1 aromatic carbocycles. The molecule has 3 rings (SSSR count). The second-order valence-electron chi connectivity index (χ2n) is 8.34. The van der Waals surface area contributed by atoms with Crippen molar-refractivity contribution >= 4 is 5.78 Å². The molecule has 0 fully saturated rings. The van der Waals surface area contributed by atoms with Crippen LogP contribution < -0.4 is 5.73 Å². The molecule has 5 nitrogen and oxygen atoms in total. The van der Waals surface area contributed by atoms with E-state index in [0.717, 1.165) is 5.56 Å². The van der Waals surface area contributed by atoms with Crippen molar-refractivity contribution in [1.29, 1.82) is 5.26 Å². The zero-order valence-corrected chi connectivity index (χ0v) is 17.4. The van der Waals surface area contributed by atoms with E-state index in [1.807, 2.05) is 26.0 Å². The number of carbonyl (C=O) groups is 1. The number of aliphatic hydroxyl groups is 1. The highest BCUT2D eigenvalue weighted by Crippen LogP contribution is 2.47. The van der Waals surface area contributed by atoms with Crippen molar-refractivity contribution in [2.45, 2.75) is 59.3 Å². The molecular formula is C23H30N2O3. The quantitative estimate of drug-likeness (QED) is 0.797. The van der Waals surface area contributed by atoms with E-state index in [4.69, 9.17) is 15.6 Å². The highest BCUT2D eigenvalue weighted by Gasteiger charge is 2.42. The summed E-state index contributed by atoms with van der Waals surface area (Å²) in [5.41, 5.74) is 8.92. The normalized spacial score (nSPS) is 20.8.